The quantitative estimate of drug-likeness (QED) is 0.129. The van der Waals surface area contributed by atoms with Gasteiger partial charge in [0, 0.05) is 17.7 Å². The molecule has 2 N–H and O–H groups in total. The molecule has 3 aromatic carbocycles. The summed E-state index contributed by atoms with van der Waals surface area (Å²) in [6.45, 7) is 9.30. The largest absolute Gasteiger partial charge is 0.505 e. The van der Waals surface area contributed by atoms with E-state index in [2.05, 4.69) is 16.8 Å². The molecule has 35 heavy (non-hydrogen) atoms. The number of para-hydroxylation sites is 1. The van der Waals surface area contributed by atoms with Crippen LogP contribution in [0.2, 0.25) is 0 Å². The molecule has 3 aromatic rings. The molecular formula is C27H27N3O5. The predicted molar refractivity (Wildman–Crippen MR) is 134 cm³/mol. The second-order valence-corrected chi connectivity index (χ2v) is 7.78. The molecule has 0 aliphatic carbocycles. The van der Waals surface area contributed by atoms with Crippen molar-refractivity contribution in [3.63, 3.8) is 0 Å². The first-order valence-electron chi connectivity index (χ1n) is 11.0. The Balaban J connectivity index is 1.96. The lowest BCUT2D eigenvalue weighted by atomic mass is 10.0. The first-order chi connectivity index (χ1) is 16.7. The van der Waals surface area contributed by atoms with E-state index >= 15 is 0 Å². The van der Waals surface area contributed by atoms with Gasteiger partial charge < -0.3 is 19.8 Å². The minimum atomic E-state index is -0.617. The first kappa shape index (κ1) is 25.2. The van der Waals surface area contributed by atoms with Crippen molar-refractivity contribution >= 4 is 28.8 Å². The number of nitrogens with zero attached hydrogens (tertiary/aromatic N) is 3. The van der Waals surface area contributed by atoms with Gasteiger partial charge in [0.15, 0.2) is 23.4 Å². The lowest BCUT2D eigenvalue weighted by molar-refractivity contribution is -0.143. The van der Waals surface area contributed by atoms with Crippen LogP contribution in [-0.4, -0.2) is 34.7 Å². The second-order valence-electron chi connectivity index (χ2n) is 7.78. The van der Waals surface area contributed by atoms with Gasteiger partial charge in [-0.3, -0.25) is 4.79 Å². The molecule has 0 aliphatic rings. The van der Waals surface area contributed by atoms with Crippen molar-refractivity contribution in [1.82, 2.24) is 0 Å². The van der Waals surface area contributed by atoms with E-state index in [1.54, 1.807) is 68.4 Å². The Kier molecular flexibility index (Phi) is 7.99. The summed E-state index contributed by atoms with van der Waals surface area (Å²) in [5, 5.41) is 29.3. The van der Waals surface area contributed by atoms with Gasteiger partial charge in [-0.1, -0.05) is 49.0 Å². The van der Waals surface area contributed by atoms with Crippen molar-refractivity contribution in [3.05, 3.63) is 90.0 Å². The number of hydrogen-bond acceptors (Lipinski definition) is 8. The molecule has 0 amide bonds. The third kappa shape index (κ3) is 5.73. The molecule has 0 saturated carbocycles. The molecule has 3 rings (SSSR count). The molecule has 8 heteroatoms. The molecule has 0 saturated heterocycles. The number of phenolic OH excluding ortho intramolecular Hbond substituents is 2. The third-order valence-corrected chi connectivity index (χ3v) is 5.27. The zero-order chi connectivity index (χ0) is 25.5. The fraction of sp³-hybridized carbons (Fsp3) is 0.185. The summed E-state index contributed by atoms with van der Waals surface area (Å²) >= 11 is 0. The minimum absolute atomic E-state index is 0.00764. The number of ketones is 1. The number of aromatic hydroxyl groups is 2. The number of ether oxygens (including phenoxy) is 1. The number of azo groups is 1. The van der Waals surface area contributed by atoms with Gasteiger partial charge in [-0.2, -0.15) is 0 Å². The van der Waals surface area contributed by atoms with E-state index < -0.39 is 23.7 Å². The number of carbonyl (C=O) groups is 2. The van der Waals surface area contributed by atoms with Crippen LogP contribution >= 0.6 is 0 Å². The molecule has 180 valence electrons. The zero-order valence-electron chi connectivity index (χ0n) is 19.8. The number of carbonyl (C=O) groups excluding carboxylic acids is 2. The summed E-state index contributed by atoms with van der Waals surface area (Å²) in [7, 11) is 0. The normalized spacial score (nSPS) is 11.7. The summed E-state index contributed by atoms with van der Waals surface area (Å²) in [5.74, 6) is -1.73. The lowest BCUT2D eigenvalue weighted by Crippen LogP contribution is -2.36. The van der Waals surface area contributed by atoms with Crippen LogP contribution in [0.3, 0.4) is 0 Å². The van der Waals surface area contributed by atoms with E-state index in [0.29, 0.717) is 23.5 Å². The Bertz CT molecular complexity index is 1270. The maximum absolute atomic E-state index is 12.8. The Morgan fingerprint density at radius 1 is 1.00 bits per heavy atom. The van der Waals surface area contributed by atoms with Gasteiger partial charge in [0.05, 0.1) is 11.3 Å². The van der Waals surface area contributed by atoms with Crippen molar-refractivity contribution in [2.24, 2.45) is 10.2 Å². The van der Waals surface area contributed by atoms with Crippen LogP contribution in [-0.2, 0) is 9.53 Å². The van der Waals surface area contributed by atoms with Crippen molar-refractivity contribution in [2.45, 2.75) is 27.0 Å². The summed E-state index contributed by atoms with van der Waals surface area (Å²) in [4.78, 5) is 26.6. The Morgan fingerprint density at radius 2 is 1.66 bits per heavy atom. The van der Waals surface area contributed by atoms with E-state index in [4.69, 9.17) is 4.74 Å². The third-order valence-electron chi connectivity index (χ3n) is 5.27. The maximum Gasteiger partial charge on any atom is 0.335 e. The average Bonchev–Trinajstić information content (AvgIpc) is 2.85. The van der Waals surface area contributed by atoms with E-state index in [0.717, 1.165) is 0 Å². The molecule has 0 bridgehead atoms. The van der Waals surface area contributed by atoms with Gasteiger partial charge in [-0.25, -0.2) is 4.79 Å². The Hall–Kier alpha value is -4.46. The van der Waals surface area contributed by atoms with Crippen LogP contribution < -0.4 is 4.90 Å². The maximum atomic E-state index is 12.8. The van der Waals surface area contributed by atoms with Crippen LogP contribution in [0.5, 0.6) is 11.5 Å². The fourth-order valence-corrected chi connectivity index (χ4v) is 3.43. The van der Waals surface area contributed by atoms with Crippen molar-refractivity contribution in [2.75, 3.05) is 11.4 Å². The van der Waals surface area contributed by atoms with Crippen molar-refractivity contribution in [1.29, 1.82) is 0 Å². The summed E-state index contributed by atoms with van der Waals surface area (Å²) in [5.41, 5.74) is 1.47. The number of benzene rings is 3. The number of phenols is 2. The van der Waals surface area contributed by atoms with Crippen molar-refractivity contribution < 1.29 is 24.5 Å². The van der Waals surface area contributed by atoms with Gasteiger partial charge in [0.25, 0.3) is 0 Å². The standard InChI is InChI=1S/C27H27N3O5/c1-5-30(18(4)35-27(34)17(2)3)22-14-10-9-13-21(22)28-29-24-23(31)16-15-20(26(24)33)25(32)19-11-7-6-8-12-19/h6-16,18,31,33H,2,5H2,1,3-4H3. The van der Waals surface area contributed by atoms with Gasteiger partial charge in [0.1, 0.15) is 11.4 Å². The number of esters is 1. The second kappa shape index (κ2) is 11.1. The molecule has 1 unspecified atom stereocenters. The average molecular weight is 474 g/mol. The number of anilines is 1. The molecule has 8 nitrogen and oxygen atoms in total. The molecule has 0 aliphatic heterocycles. The molecule has 0 fully saturated rings. The highest BCUT2D eigenvalue weighted by atomic mass is 16.6. The highest BCUT2D eigenvalue weighted by Crippen LogP contribution is 2.41. The molecule has 0 radical (unpaired) electrons. The highest BCUT2D eigenvalue weighted by Gasteiger charge is 2.21. The highest BCUT2D eigenvalue weighted by molar-refractivity contribution is 6.11. The summed E-state index contributed by atoms with van der Waals surface area (Å²) in [6.07, 6.45) is -0.617. The van der Waals surface area contributed by atoms with Crippen molar-refractivity contribution in [3.8, 4) is 11.5 Å². The molecule has 0 spiro atoms. The zero-order valence-corrected chi connectivity index (χ0v) is 19.8. The molecule has 0 heterocycles. The molecule has 1 atom stereocenters. The van der Waals surface area contributed by atoms with Crippen LogP contribution in [0.25, 0.3) is 0 Å². The van der Waals surface area contributed by atoms with Gasteiger partial charge >= 0.3 is 5.97 Å². The minimum Gasteiger partial charge on any atom is -0.505 e. The lowest BCUT2D eigenvalue weighted by Gasteiger charge is -2.30. The Morgan fingerprint density at radius 3 is 2.31 bits per heavy atom. The number of rotatable bonds is 9. The van der Waals surface area contributed by atoms with Crippen LogP contribution in [0, 0.1) is 0 Å². The summed E-state index contributed by atoms with van der Waals surface area (Å²) in [6, 6.07) is 18.2. The first-order valence-corrected chi connectivity index (χ1v) is 11.0. The fourth-order valence-electron chi connectivity index (χ4n) is 3.43. The Labute approximate surface area is 203 Å². The predicted octanol–water partition coefficient (Wildman–Crippen LogP) is 6.04. The topological polar surface area (TPSA) is 112 Å². The number of hydrogen-bond donors (Lipinski definition) is 2. The molecular weight excluding hydrogens is 446 g/mol. The smallest absolute Gasteiger partial charge is 0.335 e. The van der Waals surface area contributed by atoms with Crippen LogP contribution in [0.1, 0.15) is 36.7 Å². The van der Waals surface area contributed by atoms with E-state index in [9.17, 15) is 19.8 Å². The van der Waals surface area contributed by atoms with Crippen LogP contribution in [0.15, 0.2) is 89.1 Å². The van der Waals surface area contributed by atoms with E-state index in [1.807, 2.05) is 11.8 Å². The van der Waals surface area contributed by atoms with Gasteiger partial charge in [0.2, 0.25) is 0 Å². The van der Waals surface area contributed by atoms with Gasteiger partial charge in [-0.05, 0) is 45.0 Å². The monoisotopic (exact) mass is 473 g/mol. The van der Waals surface area contributed by atoms with Gasteiger partial charge in [-0.15, -0.1) is 10.2 Å². The van der Waals surface area contributed by atoms with E-state index in [1.165, 1.54) is 12.1 Å². The SMILES string of the molecule is C=C(C)C(=O)OC(C)N(CC)c1ccccc1N=Nc1c(O)ccc(C(=O)c2ccccc2)c1O. The molecule has 0 aromatic heterocycles. The summed E-state index contributed by atoms with van der Waals surface area (Å²) < 4.78 is 5.46. The van der Waals surface area contributed by atoms with Crippen LogP contribution in [0.4, 0.5) is 17.1 Å². The van der Waals surface area contributed by atoms with E-state index in [-0.39, 0.29) is 22.6 Å².